The number of phenolic OH excluding ortho intramolecular Hbond substituents is 1. The van der Waals surface area contributed by atoms with Crippen LogP contribution in [0.2, 0.25) is 0 Å². The minimum absolute atomic E-state index is 0.110. The molecular formula is C14H11BrF2N2O4S. The molecule has 0 heterocycles. The van der Waals surface area contributed by atoms with Gasteiger partial charge < -0.3 is 10.4 Å². The van der Waals surface area contributed by atoms with Crippen LogP contribution in [0.15, 0.2) is 39.7 Å². The Bertz CT molecular complexity index is 896. The van der Waals surface area contributed by atoms with E-state index in [0.717, 1.165) is 30.3 Å². The topological polar surface area (TPSA) is 95.5 Å². The Balaban J connectivity index is 2.42. The van der Waals surface area contributed by atoms with Crippen molar-refractivity contribution < 1.29 is 27.1 Å². The zero-order valence-corrected chi connectivity index (χ0v) is 14.5. The number of amides is 1. The largest absolute Gasteiger partial charge is 0.506 e. The number of benzene rings is 2. The number of phenols is 1. The molecule has 2 rings (SSSR count). The molecule has 0 saturated heterocycles. The minimum atomic E-state index is -3.83. The number of sulfonamides is 1. The summed E-state index contributed by atoms with van der Waals surface area (Å²) in [5.41, 5.74) is -1.17. The van der Waals surface area contributed by atoms with Crippen LogP contribution >= 0.6 is 15.9 Å². The van der Waals surface area contributed by atoms with Gasteiger partial charge in [-0.05, 0) is 37.4 Å². The van der Waals surface area contributed by atoms with Crippen molar-refractivity contribution >= 4 is 37.5 Å². The molecule has 2 aromatic carbocycles. The van der Waals surface area contributed by atoms with Crippen molar-refractivity contribution in [1.29, 1.82) is 0 Å². The van der Waals surface area contributed by atoms with Gasteiger partial charge in [-0.1, -0.05) is 15.9 Å². The lowest BCUT2D eigenvalue weighted by Gasteiger charge is -2.11. The van der Waals surface area contributed by atoms with Crippen LogP contribution in [0.1, 0.15) is 10.4 Å². The Morgan fingerprint density at radius 1 is 1.17 bits per heavy atom. The van der Waals surface area contributed by atoms with Crippen molar-refractivity contribution in [2.45, 2.75) is 4.90 Å². The van der Waals surface area contributed by atoms with Crippen molar-refractivity contribution in [3.05, 3.63) is 52.0 Å². The van der Waals surface area contributed by atoms with E-state index >= 15 is 0 Å². The predicted octanol–water partition coefficient (Wildman–Crippen LogP) is 2.59. The maximum Gasteiger partial charge on any atom is 0.261 e. The van der Waals surface area contributed by atoms with E-state index in [9.17, 15) is 27.1 Å². The minimum Gasteiger partial charge on any atom is -0.506 e. The third-order valence-electron chi connectivity index (χ3n) is 3.03. The normalized spacial score (nSPS) is 11.3. The van der Waals surface area contributed by atoms with E-state index in [1.165, 1.54) is 7.05 Å². The van der Waals surface area contributed by atoms with Gasteiger partial charge in [0.1, 0.15) is 22.9 Å². The first-order valence-corrected chi connectivity index (χ1v) is 8.66. The van der Waals surface area contributed by atoms with Gasteiger partial charge in [0.2, 0.25) is 10.0 Å². The van der Waals surface area contributed by atoms with Crippen LogP contribution in [-0.4, -0.2) is 26.5 Å². The first kappa shape index (κ1) is 18.3. The van der Waals surface area contributed by atoms with Crippen molar-refractivity contribution in [1.82, 2.24) is 4.72 Å². The second-order valence-corrected chi connectivity index (χ2v) is 7.39. The zero-order chi connectivity index (χ0) is 18.1. The summed E-state index contributed by atoms with van der Waals surface area (Å²) in [7, 11) is -2.64. The van der Waals surface area contributed by atoms with E-state index in [-0.39, 0.29) is 15.1 Å². The number of rotatable bonds is 4. The van der Waals surface area contributed by atoms with Crippen LogP contribution < -0.4 is 10.0 Å². The fourth-order valence-corrected chi connectivity index (χ4v) is 3.00. The van der Waals surface area contributed by atoms with E-state index in [0.29, 0.717) is 0 Å². The van der Waals surface area contributed by atoms with Crippen LogP contribution in [-0.2, 0) is 10.0 Å². The number of aromatic hydroxyl groups is 1. The number of carbonyl (C=O) groups excluding carboxylic acids is 1. The maximum absolute atomic E-state index is 13.8. The fourth-order valence-electron chi connectivity index (χ4n) is 1.84. The van der Waals surface area contributed by atoms with E-state index in [2.05, 4.69) is 26.0 Å². The fraction of sp³-hybridized carbons (Fsp3) is 0.0714. The molecule has 0 radical (unpaired) electrons. The second-order valence-electron chi connectivity index (χ2n) is 4.59. The van der Waals surface area contributed by atoms with Gasteiger partial charge in [-0.2, -0.15) is 0 Å². The summed E-state index contributed by atoms with van der Waals surface area (Å²) >= 11 is 2.89. The molecule has 3 N–H and O–H groups in total. The zero-order valence-electron chi connectivity index (χ0n) is 12.1. The molecule has 0 bridgehead atoms. The molecule has 1 amide bonds. The number of hydrogen-bond donors (Lipinski definition) is 3. The van der Waals surface area contributed by atoms with E-state index in [1.807, 2.05) is 0 Å². The number of anilines is 1. The number of hydrogen-bond acceptors (Lipinski definition) is 4. The number of halogens is 3. The van der Waals surface area contributed by atoms with Gasteiger partial charge in [-0.3, -0.25) is 4.79 Å². The number of nitrogens with one attached hydrogen (secondary N) is 2. The SMILES string of the molecule is CNS(=O)(=O)c1ccc(O)c(NC(=O)c2c(F)cc(Br)cc2F)c1. The van der Waals surface area contributed by atoms with Gasteiger partial charge in [0.15, 0.2) is 0 Å². The highest BCUT2D eigenvalue weighted by Crippen LogP contribution is 2.28. The molecule has 0 aliphatic carbocycles. The molecule has 0 aliphatic rings. The standard InChI is InChI=1S/C14H11BrF2N2O4S/c1-18-24(22,23)8-2-3-12(20)11(6-8)19-14(21)13-9(16)4-7(15)5-10(13)17/h2-6,18,20H,1H3,(H,19,21). The molecule has 0 atom stereocenters. The van der Waals surface area contributed by atoms with Crippen LogP contribution in [0.5, 0.6) is 5.75 Å². The Hall–Kier alpha value is -2.04. The third-order valence-corrected chi connectivity index (χ3v) is 4.90. The molecule has 0 aromatic heterocycles. The van der Waals surface area contributed by atoms with Gasteiger partial charge in [-0.15, -0.1) is 0 Å². The van der Waals surface area contributed by atoms with Crippen LogP contribution in [0.25, 0.3) is 0 Å². The van der Waals surface area contributed by atoms with E-state index < -0.39 is 38.9 Å². The summed E-state index contributed by atoms with van der Waals surface area (Å²) in [5.74, 6) is -3.86. The van der Waals surface area contributed by atoms with Crippen LogP contribution in [0.3, 0.4) is 0 Å². The first-order chi connectivity index (χ1) is 11.2. The van der Waals surface area contributed by atoms with Crippen molar-refractivity contribution in [2.24, 2.45) is 0 Å². The lowest BCUT2D eigenvalue weighted by molar-refractivity contribution is 0.101. The summed E-state index contributed by atoms with van der Waals surface area (Å²) in [6.45, 7) is 0. The molecule has 0 aliphatic heterocycles. The van der Waals surface area contributed by atoms with E-state index in [4.69, 9.17) is 0 Å². The lowest BCUT2D eigenvalue weighted by atomic mass is 10.1. The van der Waals surface area contributed by atoms with Gasteiger partial charge in [0.25, 0.3) is 5.91 Å². The Kier molecular flexibility index (Phi) is 5.21. The predicted molar refractivity (Wildman–Crippen MR) is 86.4 cm³/mol. The molecule has 0 spiro atoms. The summed E-state index contributed by atoms with van der Waals surface area (Å²) in [6.07, 6.45) is 0. The van der Waals surface area contributed by atoms with Crippen molar-refractivity contribution in [2.75, 3.05) is 12.4 Å². The first-order valence-electron chi connectivity index (χ1n) is 6.38. The lowest BCUT2D eigenvalue weighted by Crippen LogP contribution is -2.19. The van der Waals surface area contributed by atoms with Crippen LogP contribution in [0.4, 0.5) is 14.5 Å². The molecule has 10 heteroatoms. The average Bonchev–Trinajstić information content (AvgIpc) is 2.48. The van der Waals surface area contributed by atoms with Gasteiger partial charge in [0.05, 0.1) is 10.6 Å². The van der Waals surface area contributed by atoms with Crippen molar-refractivity contribution in [3.63, 3.8) is 0 Å². The van der Waals surface area contributed by atoms with E-state index in [1.54, 1.807) is 0 Å². The van der Waals surface area contributed by atoms with Gasteiger partial charge >= 0.3 is 0 Å². The third kappa shape index (κ3) is 3.71. The monoisotopic (exact) mass is 420 g/mol. The molecule has 128 valence electrons. The second kappa shape index (κ2) is 6.83. The maximum atomic E-state index is 13.8. The Morgan fingerprint density at radius 2 is 1.75 bits per heavy atom. The molecule has 24 heavy (non-hydrogen) atoms. The summed E-state index contributed by atoms with van der Waals surface area (Å²) in [5, 5.41) is 11.8. The van der Waals surface area contributed by atoms with Crippen LogP contribution in [0, 0.1) is 11.6 Å². The highest BCUT2D eigenvalue weighted by molar-refractivity contribution is 9.10. The van der Waals surface area contributed by atoms with Gasteiger partial charge in [-0.25, -0.2) is 21.9 Å². The quantitative estimate of drug-likeness (QED) is 0.662. The molecule has 0 unspecified atom stereocenters. The summed E-state index contributed by atoms with van der Waals surface area (Å²) in [6, 6.07) is 4.92. The highest BCUT2D eigenvalue weighted by atomic mass is 79.9. The van der Waals surface area contributed by atoms with Crippen molar-refractivity contribution in [3.8, 4) is 5.75 Å². The molecule has 0 fully saturated rings. The molecular weight excluding hydrogens is 410 g/mol. The summed E-state index contributed by atoms with van der Waals surface area (Å²) < 4.78 is 53.2. The molecule has 0 saturated carbocycles. The molecule has 2 aromatic rings. The summed E-state index contributed by atoms with van der Waals surface area (Å²) in [4.78, 5) is 11.8. The average molecular weight is 421 g/mol. The highest BCUT2D eigenvalue weighted by Gasteiger charge is 2.21. The Labute approximate surface area is 144 Å². The number of carbonyl (C=O) groups is 1. The Morgan fingerprint density at radius 3 is 2.29 bits per heavy atom. The smallest absolute Gasteiger partial charge is 0.261 e. The van der Waals surface area contributed by atoms with Gasteiger partial charge in [0, 0.05) is 4.47 Å². The molecule has 6 nitrogen and oxygen atoms in total.